The van der Waals surface area contributed by atoms with E-state index in [1.807, 2.05) is 0 Å². The lowest BCUT2D eigenvalue weighted by Crippen LogP contribution is -2.40. The molecule has 0 bridgehead atoms. The topological polar surface area (TPSA) is 67.4 Å². The number of rotatable bonds is 7. The lowest BCUT2D eigenvalue weighted by molar-refractivity contribution is -0.127. The standard InChI is InChI=1S/C18H17ClF2N2O3/c1-11(26-14-5-2-12(19)3-6-14)17(24)22-8-9-23-18(25)15-7-4-13(20)10-16(15)21/h2-7,10-11H,8-9H2,1H3,(H,22,24)(H,23,25). The lowest BCUT2D eigenvalue weighted by atomic mass is 10.2. The third-order valence-corrected chi connectivity index (χ3v) is 3.63. The molecule has 0 aliphatic heterocycles. The van der Waals surface area contributed by atoms with Gasteiger partial charge in [-0.25, -0.2) is 8.78 Å². The van der Waals surface area contributed by atoms with E-state index in [9.17, 15) is 18.4 Å². The maximum atomic E-state index is 13.5. The molecule has 2 rings (SSSR count). The summed E-state index contributed by atoms with van der Waals surface area (Å²) in [6, 6.07) is 9.26. The summed E-state index contributed by atoms with van der Waals surface area (Å²) in [7, 11) is 0. The number of carbonyl (C=O) groups excluding carboxylic acids is 2. The van der Waals surface area contributed by atoms with Gasteiger partial charge in [0.15, 0.2) is 6.10 Å². The zero-order valence-electron chi connectivity index (χ0n) is 13.9. The fourth-order valence-corrected chi connectivity index (χ4v) is 2.17. The Hall–Kier alpha value is -2.67. The summed E-state index contributed by atoms with van der Waals surface area (Å²) in [5.41, 5.74) is -0.267. The average molecular weight is 383 g/mol. The first-order valence-electron chi connectivity index (χ1n) is 7.80. The second kappa shape index (κ2) is 9.15. The molecule has 0 radical (unpaired) electrons. The second-order valence-corrected chi connectivity index (χ2v) is 5.82. The van der Waals surface area contributed by atoms with Crippen LogP contribution in [0.25, 0.3) is 0 Å². The van der Waals surface area contributed by atoms with Gasteiger partial charge in [0.2, 0.25) is 0 Å². The van der Waals surface area contributed by atoms with Crippen LogP contribution >= 0.6 is 11.6 Å². The maximum absolute atomic E-state index is 13.5. The number of nitrogens with one attached hydrogen (secondary N) is 2. The van der Waals surface area contributed by atoms with E-state index in [1.165, 1.54) is 0 Å². The molecule has 138 valence electrons. The Morgan fingerprint density at radius 2 is 1.73 bits per heavy atom. The van der Waals surface area contributed by atoms with Crippen LogP contribution in [-0.2, 0) is 4.79 Å². The molecule has 0 aliphatic carbocycles. The molecule has 0 saturated carbocycles. The minimum atomic E-state index is -0.948. The van der Waals surface area contributed by atoms with E-state index >= 15 is 0 Å². The highest BCUT2D eigenvalue weighted by atomic mass is 35.5. The van der Waals surface area contributed by atoms with Gasteiger partial charge in [0.1, 0.15) is 17.4 Å². The zero-order valence-corrected chi connectivity index (χ0v) is 14.6. The molecule has 0 spiro atoms. The van der Waals surface area contributed by atoms with Crippen molar-refractivity contribution in [1.29, 1.82) is 0 Å². The predicted octanol–water partition coefficient (Wildman–Crippen LogP) is 2.93. The largest absolute Gasteiger partial charge is 0.481 e. The van der Waals surface area contributed by atoms with E-state index in [0.29, 0.717) is 16.8 Å². The SMILES string of the molecule is CC(Oc1ccc(Cl)cc1)C(=O)NCCNC(=O)c1ccc(F)cc1F. The van der Waals surface area contributed by atoms with Crippen molar-refractivity contribution >= 4 is 23.4 Å². The fraction of sp³-hybridized carbons (Fsp3) is 0.222. The van der Waals surface area contributed by atoms with Crippen molar-refractivity contribution < 1.29 is 23.1 Å². The monoisotopic (exact) mass is 382 g/mol. The highest BCUT2D eigenvalue weighted by molar-refractivity contribution is 6.30. The number of amides is 2. The highest BCUT2D eigenvalue weighted by Gasteiger charge is 2.15. The second-order valence-electron chi connectivity index (χ2n) is 5.39. The third kappa shape index (κ3) is 5.70. The molecule has 26 heavy (non-hydrogen) atoms. The molecule has 5 nitrogen and oxygen atoms in total. The number of benzene rings is 2. The van der Waals surface area contributed by atoms with Crippen LogP contribution < -0.4 is 15.4 Å². The van der Waals surface area contributed by atoms with Gasteiger partial charge in [0.05, 0.1) is 5.56 Å². The zero-order chi connectivity index (χ0) is 19.1. The maximum Gasteiger partial charge on any atom is 0.260 e. The molecule has 0 saturated heterocycles. The number of hydrogen-bond donors (Lipinski definition) is 2. The molecule has 2 N–H and O–H groups in total. The van der Waals surface area contributed by atoms with Gasteiger partial charge in [-0.1, -0.05) is 11.6 Å². The molecule has 1 atom stereocenters. The molecule has 8 heteroatoms. The molecule has 0 aliphatic rings. The number of hydrogen-bond acceptors (Lipinski definition) is 3. The molecule has 0 aromatic heterocycles. The quantitative estimate of drug-likeness (QED) is 0.723. The van der Waals surface area contributed by atoms with Gasteiger partial charge >= 0.3 is 0 Å². The summed E-state index contributed by atoms with van der Waals surface area (Å²) in [4.78, 5) is 23.7. The Bertz CT molecular complexity index is 785. The van der Waals surface area contributed by atoms with Gasteiger partial charge in [-0.05, 0) is 43.3 Å². The minimum absolute atomic E-state index is 0.0784. The molecular weight excluding hydrogens is 366 g/mol. The smallest absolute Gasteiger partial charge is 0.260 e. The summed E-state index contributed by atoms with van der Waals surface area (Å²) in [5, 5.41) is 5.58. The van der Waals surface area contributed by atoms with Crippen molar-refractivity contribution in [2.24, 2.45) is 0 Å². The number of halogens is 3. The van der Waals surface area contributed by atoms with Crippen LogP contribution in [-0.4, -0.2) is 31.0 Å². The van der Waals surface area contributed by atoms with Crippen molar-refractivity contribution in [3.8, 4) is 5.75 Å². The first kappa shape index (κ1) is 19.7. The van der Waals surface area contributed by atoms with Gasteiger partial charge in [0, 0.05) is 24.2 Å². The van der Waals surface area contributed by atoms with Gasteiger partial charge < -0.3 is 15.4 Å². The Morgan fingerprint density at radius 1 is 1.08 bits per heavy atom. The summed E-state index contributed by atoms with van der Waals surface area (Å²) in [6.45, 7) is 1.78. The highest BCUT2D eigenvalue weighted by Crippen LogP contribution is 2.16. The van der Waals surface area contributed by atoms with Crippen molar-refractivity contribution in [2.45, 2.75) is 13.0 Å². The summed E-state index contributed by atoms with van der Waals surface area (Å²) < 4.78 is 31.8. The van der Waals surface area contributed by atoms with Crippen molar-refractivity contribution in [3.05, 3.63) is 64.7 Å². The molecule has 1 unspecified atom stereocenters. The Labute approximate surface area is 154 Å². The molecule has 2 amide bonds. The van der Waals surface area contributed by atoms with Crippen LogP contribution in [0, 0.1) is 11.6 Å². The average Bonchev–Trinajstić information content (AvgIpc) is 2.60. The van der Waals surface area contributed by atoms with E-state index in [0.717, 1.165) is 12.1 Å². The fourth-order valence-electron chi connectivity index (χ4n) is 2.05. The molecule has 2 aromatic carbocycles. The van der Waals surface area contributed by atoms with Crippen LogP contribution in [0.5, 0.6) is 5.75 Å². The van der Waals surface area contributed by atoms with Crippen molar-refractivity contribution in [3.63, 3.8) is 0 Å². The molecular formula is C18H17ClF2N2O3. The Kier molecular flexibility index (Phi) is 6.91. The first-order chi connectivity index (χ1) is 12.4. The first-order valence-corrected chi connectivity index (χ1v) is 8.18. The van der Waals surface area contributed by atoms with Crippen molar-refractivity contribution in [1.82, 2.24) is 10.6 Å². The number of carbonyl (C=O) groups is 2. The summed E-state index contributed by atoms with van der Waals surface area (Å²) in [6.07, 6.45) is -0.749. The van der Waals surface area contributed by atoms with Crippen LogP contribution in [0.1, 0.15) is 17.3 Å². The van der Waals surface area contributed by atoms with Gasteiger partial charge in [-0.3, -0.25) is 9.59 Å². The predicted molar refractivity (Wildman–Crippen MR) is 93.2 cm³/mol. The van der Waals surface area contributed by atoms with Gasteiger partial charge in [0.25, 0.3) is 11.8 Å². The summed E-state index contributed by atoms with van der Waals surface area (Å²) >= 11 is 5.77. The third-order valence-electron chi connectivity index (χ3n) is 3.38. The van der Waals surface area contributed by atoms with Crippen molar-refractivity contribution in [2.75, 3.05) is 13.1 Å². The molecule has 0 heterocycles. The van der Waals surface area contributed by atoms with E-state index < -0.39 is 23.6 Å². The van der Waals surface area contributed by atoms with Crippen LogP contribution in [0.3, 0.4) is 0 Å². The van der Waals surface area contributed by atoms with Gasteiger partial charge in [-0.2, -0.15) is 0 Å². The van der Waals surface area contributed by atoms with E-state index in [1.54, 1.807) is 31.2 Å². The minimum Gasteiger partial charge on any atom is -0.481 e. The number of ether oxygens (including phenoxy) is 1. The van der Waals surface area contributed by atoms with Crippen LogP contribution in [0.15, 0.2) is 42.5 Å². The van der Waals surface area contributed by atoms with E-state index in [-0.39, 0.29) is 24.6 Å². The Balaban J connectivity index is 1.73. The van der Waals surface area contributed by atoms with Crippen LogP contribution in [0.4, 0.5) is 8.78 Å². The molecule has 2 aromatic rings. The van der Waals surface area contributed by atoms with Crippen LogP contribution in [0.2, 0.25) is 5.02 Å². The summed E-state index contributed by atoms with van der Waals surface area (Å²) in [5.74, 6) is -2.28. The normalized spacial score (nSPS) is 11.5. The lowest BCUT2D eigenvalue weighted by Gasteiger charge is -2.15. The van der Waals surface area contributed by atoms with E-state index in [2.05, 4.69) is 10.6 Å². The Morgan fingerprint density at radius 3 is 2.38 bits per heavy atom. The van der Waals surface area contributed by atoms with E-state index in [4.69, 9.17) is 16.3 Å². The van der Waals surface area contributed by atoms with Gasteiger partial charge in [-0.15, -0.1) is 0 Å². The molecule has 0 fully saturated rings.